The number of para-hydroxylation sites is 1. The standard InChI is InChI=1S/C46H29NS/c1-2-12-30(13-3-1)33-15-6-8-20-40(33)47(42-22-11-19-38-36(42)28-29-44-46(38)39-17-7-9-23-43(39)48-44)41-21-10-18-37-35(41)27-26-32-25-24-31-14-4-5-16-34(31)45(32)37/h1-29H. The first kappa shape index (κ1) is 27.2. The van der Waals surface area contributed by atoms with Gasteiger partial charge in [0.15, 0.2) is 0 Å². The Kier molecular flexibility index (Phi) is 6.12. The van der Waals surface area contributed by atoms with Crippen LogP contribution < -0.4 is 4.90 Å². The molecule has 48 heavy (non-hydrogen) atoms. The highest BCUT2D eigenvalue weighted by molar-refractivity contribution is 7.26. The number of rotatable bonds is 4. The Bertz CT molecular complexity index is 2850. The molecular formula is C46H29NS. The Hall–Kier alpha value is -5.96. The van der Waals surface area contributed by atoms with Gasteiger partial charge in [-0.05, 0) is 68.2 Å². The van der Waals surface area contributed by atoms with Gasteiger partial charge in [-0.1, -0.05) is 146 Å². The van der Waals surface area contributed by atoms with E-state index in [1.54, 1.807) is 0 Å². The van der Waals surface area contributed by atoms with Gasteiger partial charge in [0.1, 0.15) is 0 Å². The summed E-state index contributed by atoms with van der Waals surface area (Å²) in [5.41, 5.74) is 5.87. The SMILES string of the molecule is c1ccc(-c2ccccc2N(c2cccc3c2ccc2ccc4ccccc4c23)c2cccc3c2ccc2sc4ccccc4c23)cc1. The third-order valence-corrected chi connectivity index (χ3v) is 11.0. The number of hydrogen-bond acceptors (Lipinski definition) is 2. The Morgan fingerprint density at radius 3 is 1.73 bits per heavy atom. The summed E-state index contributed by atoms with van der Waals surface area (Å²) in [6.45, 7) is 0. The smallest absolute Gasteiger partial charge is 0.0540 e. The fraction of sp³-hybridized carbons (Fsp3) is 0. The molecule has 0 fully saturated rings. The van der Waals surface area contributed by atoms with Crippen molar-refractivity contribution in [1.29, 1.82) is 0 Å². The van der Waals surface area contributed by atoms with Crippen LogP contribution >= 0.6 is 11.3 Å². The zero-order valence-corrected chi connectivity index (χ0v) is 26.9. The van der Waals surface area contributed by atoms with Crippen molar-refractivity contribution in [3.63, 3.8) is 0 Å². The monoisotopic (exact) mass is 627 g/mol. The molecule has 1 nitrogen and oxygen atoms in total. The highest BCUT2D eigenvalue weighted by Gasteiger charge is 2.22. The van der Waals surface area contributed by atoms with Crippen molar-refractivity contribution in [3.05, 3.63) is 176 Å². The molecule has 224 valence electrons. The van der Waals surface area contributed by atoms with Gasteiger partial charge in [0.2, 0.25) is 0 Å². The van der Waals surface area contributed by atoms with Crippen molar-refractivity contribution in [2.45, 2.75) is 0 Å². The third-order valence-electron chi connectivity index (χ3n) is 9.83. The molecule has 0 saturated carbocycles. The summed E-state index contributed by atoms with van der Waals surface area (Å²) in [4.78, 5) is 2.50. The summed E-state index contributed by atoms with van der Waals surface area (Å²) >= 11 is 1.87. The first-order valence-electron chi connectivity index (χ1n) is 16.4. The van der Waals surface area contributed by atoms with Gasteiger partial charge >= 0.3 is 0 Å². The molecule has 0 aliphatic carbocycles. The highest BCUT2D eigenvalue weighted by Crippen LogP contribution is 2.48. The van der Waals surface area contributed by atoms with Crippen molar-refractivity contribution in [2.75, 3.05) is 4.90 Å². The number of anilines is 3. The summed E-state index contributed by atoms with van der Waals surface area (Å²) in [7, 11) is 0. The number of thiophene rings is 1. The summed E-state index contributed by atoms with van der Waals surface area (Å²) in [5, 5.41) is 12.8. The second kappa shape index (κ2) is 10.8. The fourth-order valence-corrected chi connectivity index (χ4v) is 8.84. The second-order valence-electron chi connectivity index (χ2n) is 12.5. The fourth-order valence-electron chi connectivity index (χ4n) is 7.72. The lowest BCUT2D eigenvalue weighted by molar-refractivity contribution is 1.31. The zero-order chi connectivity index (χ0) is 31.6. The Balaban J connectivity index is 1.33. The molecule has 0 radical (unpaired) electrons. The van der Waals surface area contributed by atoms with E-state index in [1.165, 1.54) is 80.1 Å². The van der Waals surface area contributed by atoms with Crippen LogP contribution in [-0.4, -0.2) is 0 Å². The van der Waals surface area contributed by atoms with Crippen LogP contribution in [0.15, 0.2) is 176 Å². The lowest BCUT2D eigenvalue weighted by atomic mass is 9.94. The number of hydrogen-bond donors (Lipinski definition) is 0. The molecule has 0 aliphatic rings. The molecule has 0 saturated heterocycles. The van der Waals surface area contributed by atoms with Gasteiger partial charge in [-0.3, -0.25) is 0 Å². The number of benzene rings is 9. The Labute approximate surface area is 282 Å². The van der Waals surface area contributed by atoms with Crippen LogP contribution in [0.25, 0.3) is 74.4 Å². The predicted octanol–water partition coefficient (Wildman–Crippen LogP) is 13.8. The van der Waals surface area contributed by atoms with Gasteiger partial charge in [-0.2, -0.15) is 0 Å². The van der Waals surface area contributed by atoms with Crippen LogP contribution in [0.1, 0.15) is 0 Å². The molecule has 0 bridgehead atoms. The Morgan fingerprint density at radius 2 is 0.896 bits per heavy atom. The van der Waals surface area contributed by atoms with Crippen LogP contribution in [-0.2, 0) is 0 Å². The third kappa shape index (κ3) is 4.10. The molecule has 9 aromatic carbocycles. The van der Waals surface area contributed by atoms with Gasteiger partial charge in [0, 0.05) is 36.5 Å². The van der Waals surface area contributed by atoms with Gasteiger partial charge in [0.05, 0.1) is 17.1 Å². The minimum absolute atomic E-state index is 1.15. The van der Waals surface area contributed by atoms with Gasteiger partial charge in [0.25, 0.3) is 0 Å². The van der Waals surface area contributed by atoms with E-state index in [9.17, 15) is 0 Å². The zero-order valence-electron chi connectivity index (χ0n) is 26.1. The van der Waals surface area contributed by atoms with Crippen molar-refractivity contribution in [2.24, 2.45) is 0 Å². The summed E-state index contributed by atoms with van der Waals surface area (Å²) < 4.78 is 2.64. The highest BCUT2D eigenvalue weighted by atomic mass is 32.1. The van der Waals surface area contributed by atoms with Crippen LogP contribution in [0.5, 0.6) is 0 Å². The van der Waals surface area contributed by atoms with E-state index < -0.39 is 0 Å². The van der Waals surface area contributed by atoms with Crippen LogP contribution in [0.2, 0.25) is 0 Å². The molecule has 0 N–H and O–H groups in total. The molecule has 2 heteroatoms. The maximum atomic E-state index is 2.50. The predicted molar refractivity (Wildman–Crippen MR) is 209 cm³/mol. The second-order valence-corrected chi connectivity index (χ2v) is 13.5. The molecule has 10 rings (SSSR count). The van der Waals surface area contributed by atoms with E-state index in [2.05, 4.69) is 181 Å². The van der Waals surface area contributed by atoms with Crippen molar-refractivity contribution in [1.82, 2.24) is 0 Å². The number of fused-ring (bicyclic) bond motifs is 10. The maximum absolute atomic E-state index is 2.50. The van der Waals surface area contributed by atoms with Crippen molar-refractivity contribution >= 4 is 91.7 Å². The van der Waals surface area contributed by atoms with Gasteiger partial charge in [-0.15, -0.1) is 11.3 Å². The lowest BCUT2D eigenvalue weighted by Gasteiger charge is -2.30. The van der Waals surface area contributed by atoms with Crippen LogP contribution in [0, 0.1) is 0 Å². The van der Waals surface area contributed by atoms with Crippen molar-refractivity contribution < 1.29 is 0 Å². The van der Waals surface area contributed by atoms with Gasteiger partial charge < -0.3 is 4.90 Å². The van der Waals surface area contributed by atoms with E-state index in [1.807, 2.05) is 11.3 Å². The topological polar surface area (TPSA) is 3.24 Å². The summed E-state index contributed by atoms with van der Waals surface area (Å²) in [5.74, 6) is 0. The molecule has 10 aromatic rings. The molecule has 0 spiro atoms. The molecule has 1 aromatic heterocycles. The lowest BCUT2D eigenvalue weighted by Crippen LogP contribution is -2.12. The maximum Gasteiger partial charge on any atom is 0.0540 e. The van der Waals surface area contributed by atoms with Crippen molar-refractivity contribution in [3.8, 4) is 11.1 Å². The normalized spacial score (nSPS) is 11.8. The van der Waals surface area contributed by atoms with Gasteiger partial charge in [-0.25, -0.2) is 0 Å². The average Bonchev–Trinajstić information content (AvgIpc) is 3.55. The molecule has 0 unspecified atom stereocenters. The molecule has 0 amide bonds. The first-order valence-corrected chi connectivity index (χ1v) is 17.3. The molecule has 0 aliphatic heterocycles. The van der Waals surface area contributed by atoms with E-state index in [4.69, 9.17) is 0 Å². The average molecular weight is 628 g/mol. The summed E-state index contributed by atoms with van der Waals surface area (Å²) in [6.07, 6.45) is 0. The largest absolute Gasteiger partial charge is 0.309 e. The van der Waals surface area contributed by atoms with E-state index in [0.29, 0.717) is 0 Å². The van der Waals surface area contributed by atoms with E-state index in [0.717, 1.165) is 11.4 Å². The van der Waals surface area contributed by atoms with Crippen LogP contribution in [0.3, 0.4) is 0 Å². The number of nitrogens with zero attached hydrogens (tertiary/aromatic N) is 1. The minimum atomic E-state index is 1.15. The Morgan fingerprint density at radius 1 is 0.312 bits per heavy atom. The van der Waals surface area contributed by atoms with E-state index >= 15 is 0 Å². The first-order chi connectivity index (χ1) is 23.8. The van der Waals surface area contributed by atoms with E-state index in [-0.39, 0.29) is 0 Å². The van der Waals surface area contributed by atoms with Crippen LogP contribution in [0.4, 0.5) is 17.1 Å². The quantitative estimate of drug-likeness (QED) is 0.176. The molecular weight excluding hydrogens is 599 g/mol. The molecule has 0 atom stereocenters. The molecule has 1 heterocycles. The summed E-state index contributed by atoms with van der Waals surface area (Å²) in [6, 6.07) is 64.5. The minimum Gasteiger partial charge on any atom is -0.309 e.